The lowest BCUT2D eigenvalue weighted by Crippen LogP contribution is -2.52. The highest BCUT2D eigenvalue weighted by molar-refractivity contribution is 5.96. The number of carbonyl (C=O) groups is 1. The lowest BCUT2D eigenvalue weighted by atomic mass is 9.68. The van der Waals surface area contributed by atoms with Crippen LogP contribution in [-0.2, 0) is 11.3 Å². The van der Waals surface area contributed by atoms with E-state index in [2.05, 4.69) is 55.5 Å². The predicted octanol–water partition coefficient (Wildman–Crippen LogP) is 3.38. The van der Waals surface area contributed by atoms with Gasteiger partial charge in [0, 0.05) is 43.6 Å². The van der Waals surface area contributed by atoms with Crippen molar-refractivity contribution in [3.05, 3.63) is 23.0 Å². The highest BCUT2D eigenvalue weighted by atomic mass is 16.5. The molecule has 3 atom stereocenters. The Morgan fingerprint density at radius 1 is 1.21 bits per heavy atom. The van der Waals surface area contributed by atoms with Gasteiger partial charge in [-0.3, -0.25) is 9.69 Å². The van der Waals surface area contributed by atoms with E-state index >= 15 is 0 Å². The molecule has 3 fully saturated rings. The van der Waals surface area contributed by atoms with Crippen LogP contribution in [-0.4, -0.2) is 54.3 Å². The first-order chi connectivity index (χ1) is 13.2. The third-order valence-corrected chi connectivity index (χ3v) is 8.11. The maximum Gasteiger partial charge on any atom is 0.253 e. The summed E-state index contributed by atoms with van der Waals surface area (Å²) in [6.07, 6.45) is 3.81. The highest BCUT2D eigenvalue weighted by Gasteiger charge is 2.59. The number of hydrogen-bond donors (Lipinski definition) is 1. The fourth-order valence-electron chi connectivity index (χ4n) is 6.31. The van der Waals surface area contributed by atoms with E-state index in [4.69, 9.17) is 4.74 Å². The molecule has 2 bridgehead atoms. The first kappa shape index (κ1) is 20.0. The Kier molecular flexibility index (Phi) is 5.11. The summed E-state index contributed by atoms with van der Waals surface area (Å²) in [5, 5.41) is 3.47. The zero-order valence-electron chi connectivity index (χ0n) is 18.3. The Labute approximate surface area is 169 Å². The molecule has 2 saturated carbocycles. The minimum Gasteiger partial charge on any atom is -0.379 e. The van der Waals surface area contributed by atoms with Crippen molar-refractivity contribution >= 4 is 5.91 Å². The number of nitrogens with zero attached hydrogens (tertiary/aromatic N) is 2. The molecule has 2 aliphatic carbocycles. The summed E-state index contributed by atoms with van der Waals surface area (Å²) in [5.41, 5.74) is 3.56. The molecule has 1 N–H and O–H groups in total. The molecule has 0 spiro atoms. The van der Waals surface area contributed by atoms with E-state index < -0.39 is 0 Å². The number of carbonyl (C=O) groups excluding carboxylic acids is 1. The number of hydrogen-bond acceptors (Lipinski definition) is 3. The quantitative estimate of drug-likeness (QED) is 0.842. The van der Waals surface area contributed by atoms with Gasteiger partial charge in [-0.1, -0.05) is 20.8 Å². The highest BCUT2D eigenvalue weighted by Crippen LogP contribution is 2.62. The van der Waals surface area contributed by atoms with Crippen molar-refractivity contribution in [3.8, 4) is 0 Å². The number of ether oxygens (including phenoxy) is 1. The Morgan fingerprint density at radius 2 is 1.93 bits per heavy atom. The Balaban J connectivity index is 1.46. The lowest BCUT2D eigenvalue weighted by molar-refractivity contribution is 0.0363. The van der Waals surface area contributed by atoms with Crippen molar-refractivity contribution in [1.82, 2.24) is 14.8 Å². The average molecular weight is 388 g/mol. The lowest BCUT2D eigenvalue weighted by Gasteiger charge is -2.43. The molecule has 5 heteroatoms. The van der Waals surface area contributed by atoms with E-state index in [9.17, 15) is 4.79 Å². The van der Waals surface area contributed by atoms with Crippen LogP contribution in [0.2, 0.25) is 0 Å². The second-order valence-electron chi connectivity index (χ2n) is 10.2. The first-order valence-electron chi connectivity index (χ1n) is 11.0. The molecule has 156 valence electrons. The number of nitrogens with one attached hydrogen (secondary N) is 1. The van der Waals surface area contributed by atoms with Crippen LogP contribution < -0.4 is 5.32 Å². The van der Waals surface area contributed by atoms with Crippen molar-refractivity contribution in [2.75, 3.05) is 32.8 Å². The smallest absolute Gasteiger partial charge is 0.253 e. The summed E-state index contributed by atoms with van der Waals surface area (Å²) < 4.78 is 7.75. The van der Waals surface area contributed by atoms with Crippen LogP contribution in [0.3, 0.4) is 0 Å². The molecule has 3 aliphatic rings. The van der Waals surface area contributed by atoms with Crippen LogP contribution in [0.15, 0.2) is 6.07 Å². The molecule has 28 heavy (non-hydrogen) atoms. The second-order valence-corrected chi connectivity index (χ2v) is 10.2. The summed E-state index contributed by atoms with van der Waals surface area (Å²) in [5.74, 6) is 0.848. The van der Waals surface area contributed by atoms with Crippen LogP contribution in [0, 0.1) is 30.6 Å². The van der Waals surface area contributed by atoms with Crippen LogP contribution in [0.25, 0.3) is 0 Å². The molecular formula is C23H37N3O2. The van der Waals surface area contributed by atoms with Gasteiger partial charge in [-0.05, 0) is 55.9 Å². The van der Waals surface area contributed by atoms with Crippen molar-refractivity contribution in [2.45, 2.75) is 66.5 Å². The average Bonchev–Trinajstić information content (AvgIpc) is 3.25. The molecular weight excluding hydrogens is 350 g/mol. The van der Waals surface area contributed by atoms with Gasteiger partial charge in [0.15, 0.2) is 0 Å². The van der Waals surface area contributed by atoms with Crippen molar-refractivity contribution < 1.29 is 9.53 Å². The number of amides is 1. The van der Waals surface area contributed by atoms with Gasteiger partial charge < -0.3 is 14.6 Å². The number of rotatable bonds is 5. The molecule has 2 heterocycles. The molecule has 1 amide bonds. The fourth-order valence-corrected chi connectivity index (χ4v) is 6.31. The summed E-state index contributed by atoms with van der Waals surface area (Å²) in [6, 6.07) is 2.34. The maximum absolute atomic E-state index is 13.2. The molecule has 1 aliphatic heterocycles. The Bertz CT molecular complexity index is 743. The molecule has 1 aromatic heterocycles. The van der Waals surface area contributed by atoms with E-state index in [-0.39, 0.29) is 22.8 Å². The number of aromatic nitrogens is 1. The molecule has 0 aromatic carbocycles. The first-order valence-corrected chi connectivity index (χ1v) is 11.0. The van der Waals surface area contributed by atoms with Crippen molar-refractivity contribution in [3.63, 3.8) is 0 Å². The number of aryl methyl sites for hydroxylation is 1. The summed E-state index contributed by atoms with van der Waals surface area (Å²) >= 11 is 0. The van der Waals surface area contributed by atoms with Gasteiger partial charge in [0.05, 0.1) is 18.8 Å². The van der Waals surface area contributed by atoms with Gasteiger partial charge >= 0.3 is 0 Å². The molecule has 0 unspecified atom stereocenters. The second kappa shape index (κ2) is 7.17. The minimum absolute atomic E-state index is 0.109. The zero-order chi connectivity index (χ0) is 20.1. The van der Waals surface area contributed by atoms with E-state index in [0.29, 0.717) is 0 Å². The Hall–Kier alpha value is -1.33. The predicted molar refractivity (Wildman–Crippen MR) is 112 cm³/mol. The molecule has 1 aromatic rings. The van der Waals surface area contributed by atoms with Crippen molar-refractivity contribution in [1.29, 1.82) is 0 Å². The molecule has 5 nitrogen and oxygen atoms in total. The van der Waals surface area contributed by atoms with Gasteiger partial charge in [0.25, 0.3) is 5.91 Å². The topological polar surface area (TPSA) is 46.5 Å². The third-order valence-electron chi connectivity index (χ3n) is 8.11. The third kappa shape index (κ3) is 3.30. The summed E-state index contributed by atoms with van der Waals surface area (Å²) in [6.45, 7) is 16.9. The minimum atomic E-state index is 0.109. The van der Waals surface area contributed by atoms with Crippen LogP contribution in [0.4, 0.5) is 0 Å². The monoisotopic (exact) mass is 387 g/mol. The largest absolute Gasteiger partial charge is 0.379 e. The van der Waals surface area contributed by atoms with Gasteiger partial charge in [-0.2, -0.15) is 0 Å². The Morgan fingerprint density at radius 3 is 2.57 bits per heavy atom. The van der Waals surface area contributed by atoms with E-state index in [1.807, 2.05) is 0 Å². The molecule has 0 radical (unpaired) electrons. The van der Waals surface area contributed by atoms with Crippen molar-refractivity contribution in [2.24, 2.45) is 16.7 Å². The van der Waals surface area contributed by atoms with Gasteiger partial charge in [0.1, 0.15) is 0 Å². The molecule has 4 rings (SSSR count). The number of morpholine rings is 1. The number of fused-ring (bicyclic) bond motifs is 2. The van der Waals surface area contributed by atoms with Gasteiger partial charge in [0.2, 0.25) is 0 Å². The SMILES string of the molecule is Cc1cc(C(=O)N[C@@H]2C(C)(C)[C@@H]3CC[C@@]2(C)C3)c(C)n1CCN1CCOCC1. The normalized spacial score (nSPS) is 32.0. The maximum atomic E-state index is 13.2. The van der Waals surface area contributed by atoms with E-state index in [1.54, 1.807) is 0 Å². The van der Waals surface area contributed by atoms with Gasteiger partial charge in [-0.15, -0.1) is 0 Å². The van der Waals surface area contributed by atoms with E-state index in [1.165, 1.54) is 25.0 Å². The van der Waals surface area contributed by atoms with Crippen LogP contribution >= 0.6 is 0 Å². The fraction of sp³-hybridized carbons (Fsp3) is 0.783. The molecule has 1 saturated heterocycles. The van der Waals surface area contributed by atoms with Crippen LogP contribution in [0.5, 0.6) is 0 Å². The van der Waals surface area contributed by atoms with E-state index in [0.717, 1.165) is 56.6 Å². The standard InChI is InChI=1S/C23H37N3O2/c1-16-14-19(17(2)26(16)9-8-25-10-12-28-13-11-25)20(27)24-21-22(3,4)18-6-7-23(21,5)15-18/h14,18,21H,6-13,15H2,1-5H3,(H,24,27)/t18-,21-,23+/m1/s1. The summed E-state index contributed by atoms with van der Waals surface area (Å²) in [4.78, 5) is 15.7. The van der Waals surface area contributed by atoms with Gasteiger partial charge in [-0.25, -0.2) is 0 Å². The zero-order valence-corrected chi connectivity index (χ0v) is 18.3. The summed E-state index contributed by atoms with van der Waals surface area (Å²) in [7, 11) is 0. The van der Waals surface area contributed by atoms with Crippen LogP contribution in [0.1, 0.15) is 61.8 Å².